The summed E-state index contributed by atoms with van der Waals surface area (Å²) in [6.45, 7) is 0.680. The zero-order valence-electron chi connectivity index (χ0n) is 9.74. The van der Waals surface area contributed by atoms with Gasteiger partial charge in [0.1, 0.15) is 5.82 Å². The van der Waals surface area contributed by atoms with Gasteiger partial charge in [0.2, 0.25) is 0 Å². The second-order valence-electron chi connectivity index (χ2n) is 4.59. The molecule has 1 aliphatic rings. The van der Waals surface area contributed by atoms with Crippen molar-refractivity contribution < 1.29 is 8.78 Å². The highest BCUT2D eigenvalue weighted by atomic mass is 19.2. The van der Waals surface area contributed by atoms with Crippen LogP contribution in [0.5, 0.6) is 0 Å². The highest BCUT2D eigenvalue weighted by Crippen LogP contribution is 2.25. The largest absolute Gasteiger partial charge is 0.333 e. The lowest BCUT2D eigenvalue weighted by molar-refractivity contribution is 0.453. The molecule has 0 spiro atoms. The molecule has 2 N–H and O–H groups in total. The van der Waals surface area contributed by atoms with E-state index in [1.54, 1.807) is 6.20 Å². The Balaban J connectivity index is 2.05. The standard InChI is InChI=1S/C13H13F2N3/c14-10-3-1-2-9(13(10)15)11-7-18-6-8(16)4-5-12(18)17-11/h1-3,7-8H,4-6,16H2. The third-order valence-electron chi connectivity index (χ3n) is 3.26. The van der Waals surface area contributed by atoms with Crippen molar-refractivity contribution in [2.45, 2.75) is 25.4 Å². The molecule has 18 heavy (non-hydrogen) atoms. The molecule has 1 aliphatic heterocycles. The van der Waals surface area contributed by atoms with Gasteiger partial charge in [-0.15, -0.1) is 0 Å². The molecule has 0 amide bonds. The molecule has 0 bridgehead atoms. The number of rotatable bonds is 1. The van der Waals surface area contributed by atoms with Crippen LogP contribution in [0.3, 0.4) is 0 Å². The van der Waals surface area contributed by atoms with Crippen LogP contribution in [0.2, 0.25) is 0 Å². The monoisotopic (exact) mass is 249 g/mol. The Hall–Kier alpha value is -1.75. The lowest BCUT2D eigenvalue weighted by atomic mass is 10.1. The molecule has 1 unspecified atom stereocenters. The van der Waals surface area contributed by atoms with Crippen LogP contribution in [0.1, 0.15) is 12.2 Å². The maximum absolute atomic E-state index is 13.7. The second kappa shape index (κ2) is 4.17. The number of nitrogens with two attached hydrogens (primary N) is 1. The summed E-state index contributed by atoms with van der Waals surface area (Å²) in [5.74, 6) is -0.817. The molecule has 94 valence electrons. The molecule has 1 aromatic carbocycles. The van der Waals surface area contributed by atoms with Gasteiger partial charge in [0.25, 0.3) is 0 Å². The van der Waals surface area contributed by atoms with Gasteiger partial charge < -0.3 is 10.3 Å². The highest BCUT2D eigenvalue weighted by molar-refractivity contribution is 5.59. The minimum absolute atomic E-state index is 0.108. The fraction of sp³-hybridized carbons (Fsp3) is 0.308. The van der Waals surface area contributed by atoms with Crippen molar-refractivity contribution in [2.24, 2.45) is 5.73 Å². The summed E-state index contributed by atoms with van der Waals surface area (Å²) in [4.78, 5) is 4.36. The molecule has 0 radical (unpaired) electrons. The third kappa shape index (κ3) is 1.80. The molecule has 2 heterocycles. The van der Waals surface area contributed by atoms with Gasteiger partial charge in [-0.3, -0.25) is 0 Å². The Morgan fingerprint density at radius 2 is 2.17 bits per heavy atom. The predicted octanol–water partition coefficient (Wildman–Crippen LogP) is 2.10. The molecule has 5 heteroatoms. The fourth-order valence-corrected chi connectivity index (χ4v) is 2.30. The fourth-order valence-electron chi connectivity index (χ4n) is 2.30. The SMILES string of the molecule is NC1CCc2nc(-c3cccc(F)c3F)cn2C1. The topological polar surface area (TPSA) is 43.8 Å². The first-order valence-corrected chi connectivity index (χ1v) is 5.91. The van der Waals surface area contributed by atoms with Gasteiger partial charge in [-0.25, -0.2) is 13.8 Å². The normalized spacial score (nSPS) is 18.7. The van der Waals surface area contributed by atoms with Crippen molar-refractivity contribution in [3.8, 4) is 11.3 Å². The van der Waals surface area contributed by atoms with Crippen molar-refractivity contribution in [1.82, 2.24) is 9.55 Å². The Kier molecular flexibility index (Phi) is 2.63. The minimum atomic E-state index is -0.852. The maximum Gasteiger partial charge on any atom is 0.168 e. The van der Waals surface area contributed by atoms with Crippen LogP contribution in [0.4, 0.5) is 8.78 Å². The number of fused-ring (bicyclic) bond motifs is 1. The minimum Gasteiger partial charge on any atom is -0.333 e. The van der Waals surface area contributed by atoms with Gasteiger partial charge in [-0.1, -0.05) is 6.07 Å². The van der Waals surface area contributed by atoms with Gasteiger partial charge in [0, 0.05) is 30.8 Å². The molecule has 0 saturated heterocycles. The molecule has 0 saturated carbocycles. The van der Waals surface area contributed by atoms with Crippen LogP contribution in [-0.2, 0) is 13.0 Å². The van der Waals surface area contributed by atoms with Crippen molar-refractivity contribution >= 4 is 0 Å². The summed E-state index contributed by atoms with van der Waals surface area (Å²) in [6.07, 6.45) is 3.40. The summed E-state index contributed by atoms with van der Waals surface area (Å²) >= 11 is 0. The van der Waals surface area contributed by atoms with E-state index in [-0.39, 0.29) is 11.6 Å². The number of imidazole rings is 1. The molecular weight excluding hydrogens is 236 g/mol. The highest BCUT2D eigenvalue weighted by Gasteiger charge is 2.19. The molecule has 3 rings (SSSR count). The number of halogens is 2. The Morgan fingerprint density at radius 3 is 3.00 bits per heavy atom. The average Bonchev–Trinajstić information content (AvgIpc) is 2.75. The van der Waals surface area contributed by atoms with Gasteiger partial charge in [0.15, 0.2) is 11.6 Å². The molecule has 0 fully saturated rings. The molecule has 1 aromatic heterocycles. The van der Waals surface area contributed by atoms with Crippen LogP contribution >= 0.6 is 0 Å². The van der Waals surface area contributed by atoms with E-state index < -0.39 is 11.6 Å². The Bertz CT molecular complexity index is 592. The number of nitrogens with zero attached hydrogens (tertiary/aromatic N) is 2. The van der Waals surface area contributed by atoms with Gasteiger partial charge >= 0.3 is 0 Å². The van der Waals surface area contributed by atoms with Crippen LogP contribution in [0.15, 0.2) is 24.4 Å². The lowest BCUT2D eigenvalue weighted by Gasteiger charge is -2.19. The van der Waals surface area contributed by atoms with Crippen molar-refractivity contribution in [3.63, 3.8) is 0 Å². The quantitative estimate of drug-likeness (QED) is 0.841. The van der Waals surface area contributed by atoms with E-state index in [0.29, 0.717) is 12.2 Å². The number of benzene rings is 1. The number of hydrogen-bond acceptors (Lipinski definition) is 2. The number of hydrogen-bond donors (Lipinski definition) is 1. The predicted molar refractivity (Wildman–Crippen MR) is 63.9 cm³/mol. The zero-order chi connectivity index (χ0) is 12.7. The first-order chi connectivity index (χ1) is 8.65. The van der Waals surface area contributed by atoms with E-state index in [1.165, 1.54) is 12.1 Å². The summed E-state index contributed by atoms with van der Waals surface area (Å²) in [5.41, 5.74) is 6.54. The smallest absolute Gasteiger partial charge is 0.168 e. The van der Waals surface area contributed by atoms with E-state index in [1.807, 2.05) is 4.57 Å². The van der Waals surface area contributed by atoms with Crippen molar-refractivity contribution in [1.29, 1.82) is 0 Å². The van der Waals surface area contributed by atoms with Crippen LogP contribution in [0, 0.1) is 11.6 Å². The molecule has 3 nitrogen and oxygen atoms in total. The van der Waals surface area contributed by atoms with Gasteiger partial charge in [0.05, 0.1) is 5.69 Å². The number of aromatic nitrogens is 2. The van der Waals surface area contributed by atoms with Gasteiger partial charge in [-0.2, -0.15) is 0 Å². The molecule has 0 aliphatic carbocycles. The first-order valence-electron chi connectivity index (χ1n) is 5.91. The van der Waals surface area contributed by atoms with E-state index in [2.05, 4.69) is 4.98 Å². The molecule has 1 atom stereocenters. The second-order valence-corrected chi connectivity index (χ2v) is 4.59. The van der Waals surface area contributed by atoms with E-state index in [4.69, 9.17) is 5.73 Å². The Morgan fingerprint density at radius 1 is 1.33 bits per heavy atom. The average molecular weight is 249 g/mol. The van der Waals surface area contributed by atoms with Crippen molar-refractivity contribution in [3.05, 3.63) is 41.9 Å². The third-order valence-corrected chi connectivity index (χ3v) is 3.26. The summed E-state index contributed by atoms with van der Waals surface area (Å²) in [6, 6.07) is 4.23. The van der Waals surface area contributed by atoms with Gasteiger partial charge in [-0.05, 0) is 18.6 Å². The first kappa shape index (κ1) is 11.3. The van der Waals surface area contributed by atoms with E-state index in [0.717, 1.165) is 24.7 Å². The Labute approximate surface area is 103 Å². The van der Waals surface area contributed by atoms with Crippen LogP contribution in [0.25, 0.3) is 11.3 Å². The molecule has 2 aromatic rings. The van der Waals surface area contributed by atoms with E-state index >= 15 is 0 Å². The molecular formula is C13H13F2N3. The summed E-state index contributed by atoms with van der Waals surface area (Å²) in [7, 11) is 0. The number of aryl methyl sites for hydroxylation is 1. The summed E-state index contributed by atoms with van der Waals surface area (Å²) in [5, 5.41) is 0. The zero-order valence-corrected chi connectivity index (χ0v) is 9.74. The van der Waals surface area contributed by atoms with Crippen molar-refractivity contribution in [2.75, 3.05) is 0 Å². The van der Waals surface area contributed by atoms with Crippen LogP contribution in [-0.4, -0.2) is 15.6 Å². The maximum atomic E-state index is 13.7. The van der Waals surface area contributed by atoms with Crippen LogP contribution < -0.4 is 5.73 Å². The lowest BCUT2D eigenvalue weighted by Crippen LogP contribution is -2.31. The van der Waals surface area contributed by atoms with E-state index in [9.17, 15) is 8.78 Å². The summed E-state index contributed by atoms with van der Waals surface area (Å²) < 4.78 is 28.8.